The van der Waals surface area contributed by atoms with Crippen LogP contribution in [0.3, 0.4) is 0 Å². The quantitative estimate of drug-likeness (QED) is 0.707. The summed E-state index contributed by atoms with van der Waals surface area (Å²) in [5.74, 6) is 0.0990. The molecule has 4 nitrogen and oxygen atoms in total. The molecule has 2 unspecified atom stereocenters. The van der Waals surface area contributed by atoms with Crippen LogP contribution >= 0.6 is 0 Å². The third-order valence-electron chi connectivity index (χ3n) is 3.11. The third-order valence-corrected chi connectivity index (χ3v) is 3.11. The van der Waals surface area contributed by atoms with Crippen molar-refractivity contribution in [3.8, 4) is 0 Å². The maximum Gasteiger partial charge on any atom is 0.221 e. The standard InChI is InChI=1S/C11H23N3O/c1-14(2)10-5-3-4-9(8-10)13-11(15)6-7-12/h9-10H,3-8,12H2,1-2H3,(H,13,15). The zero-order valence-corrected chi connectivity index (χ0v) is 9.83. The van der Waals surface area contributed by atoms with Crippen molar-refractivity contribution in [1.82, 2.24) is 10.2 Å². The first-order valence-corrected chi connectivity index (χ1v) is 5.79. The molecule has 1 fully saturated rings. The Hall–Kier alpha value is -0.610. The van der Waals surface area contributed by atoms with E-state index < -0.39 is 0 Å². The number of amides is 1. The molecule has 1 saturated carbocycles. The van der Waals surface area contributed by atoms with Crippen molar-refractivity contribution in [2.45, 2.75) is 44.2 Å². The van der Waals surface area contributed by atoms with Crippen molar-refractivity contribution in [2.24, 2.45) is 5.73 Å². The lowest BCUT2D eigenvalue weighted by atomic mass is 9.90. The molecule has 1 amide bonds. The van der Waals surface area contributed by atoms with Crippen LogP contribution in [0, 0.1) is 0 Å². The summed E-state index contributed by atoms with van der Waals surface area (Å²) in [5, 5.41) is 3.06. The van der Waals surface area contributed by atoms with Crippen molar-refractivity contribution in [3.63, 3.8) is 0 Å². The number of hydrogen-bond acceptors (Lipinski definition) is 3. The van der Waals surface area contributed by atoms with Crippen molar-refractivity contribution in [2.75, 3.05) is 20.6 Å². The highest BCUT2D eigenvalue weighted by molar-refractivity contribution is 5.76. The van der Waals surface area contributed by atoms with E-state index in [1.165, 1.54) is 12.8 Å². The van der Waals surface area contributed by atoms with Gasteiger partial charge in [-0.2, -0.15) is 0 Å². The van der Waals surface area contributed by atoms with E-state index in [1.807, 2.05) is 0 Å². The fourth-order valence-electron chi connectivity index (χ4n) is 2.20. The molecule has 0 radical (unpaired) electrons. The second kappa shape index (κ2) is 6.08. The Labute approximate surface area is 92.2 Å². The minimum Gasteiger partial charge on any atom is -0.353 e. The van der Waals surface area contributed by atoms with E-state index in [1.54, 1.807) is 0 Å². The normalized spacial score (nSPS) is 26.7. The Morgan fingerprint density at radius 3 is 2.80 bits per heavy atom. The summed E-state index contributed by atoms with van der Waals surface area (Å²) in [6.45, 7) is 0.440. The van der Waals surface area contributed by atoms with Gasteiger partial charge in [0.25, 0.3) is 0 Å². The third kappa shape index (κ3) is 4.18. The van der Waals surface area contributed by atoms with E-state index in [0.717, 1.165) is 12.8 Å². The van der Waals surface area contributed by atoms with E-state index >= 15 is 0 Å². The number of carbonyl (C=O) groups is 1. The smallest absolute Gasteiger partial charge is 0.221 e. The van der Waals surface area contributed by atoms with Gasteiger partial charge in [0, 0.05) is 25.0 Å². The van der Waals surface area contributed by atoms with Crippen LogP contribution in [0.5, 0.6) is 0 Å². The fourth-order valence-corrected chi connectivity index (χ4v) is 2.20. The van der Waals surface area contributed by atoms with Gasteiger partial charge in [0.1, 0.15) is 0 Å². The van der Waals surface area contributed by atoms with Gasteiger partial charge in [0.15, 0.2) is 0 Å². The summed E-state index contributed by atoms with van der Waals surface area (Å²) in [6, 6.07) is 0.965. The van der Waals surface area contributed by atoms with Gasteiger partial charge in [0.2, 0.25) is 5.91 Å². The second-order valence-corrected chi connectivity index (χ2v) is 4.59. The average Bonchev–Trinajstić information content (AvgIpc) is 2.18. The van der Waals surface area contributed by atoms with Gasteiger partial charge in [-0.1, -0.05) is 0 Å². The van der Waals surface area contributed by atoms with E-state index in [-0.39, 0.29) is 5.91 Å². The topological polar surface area (TPSA) is 58.4 Å². The zero-order chi connectivity index (χ0) is 11.3. The van der Waals surface area contributed by atoms with Gasteiger partial charge in [0.05, 0.1) is 0 Å². The fraction of sp³-hybridized carbons (Fsp3) is 0.909. The van der Waals surface area contributed by atoms with Crippen molar-refractivity contribution < 1.29 is 4.79 Å². The molecule has 0 saturated heterocycles. The van der Waals surface area contributed by atoms with Crippen LogP contribution in [0.25, 0.3) is 0 Å². The lowest BCUT2D eigenvalue weighted by Gasteiger charge is -2.33. The number of nitrogens with two attached hydrogens (primary N) is 1. The van der Waals surface area contributed by atoms with Crippen LogP contribution in [0.1, 0.15) is 32.1 Å². The lowest BCUT2D eigenvalue weighted by molar-refractivity contribution is -0.121. The van der Waals surface area contributed by atoms with Crippen LogP contribution in [0.2, 0.25) is 0 Å². The number of nitrogens with zero attached hydrogens (tertiary/aromatic N) is 1. The first-order chi connectivity index (χ1) is 7.13. The van der Waals surface area contributed by atoms with Gasteiger partial charge in [-0.15, -0.1) is 0 Å². The summed E-state index contributed by atoms with van der Waals surface area (Å²) in [6.07, 6.45) is 5.08. The maximum atomic E-state index is 11.4. The van der Waals surface area contributed by atoms with Gasteiger partial charge in [-0.3, -0.25) is 4.79 Å². The molecule has 1 aliphatic rings. The molecular formula is C11H23N3O. The molecule has 1 aliphatic carbocycles. The first-order valence-electron chi connectivity index (χ1n) is 5.79. The highest BCUT2D eigenvalue weighted by Crippen LogP contribution is 2.21. The highest BCUT2D eigenvalue weighted by Gasteiger charge is 2.23. The van der Waals surface area contributed by atoms with Crippen LogP contribution in [-0.2, 0) is 4.79 Å². The summed E-state index contributed by atoms with van der Waals surface area (Å²) in [4.78, 5) is 13.6. The number of hydrogen-bond donors (Lipinski definition) is 2. The summed E-state index contributed by atoms with van der Waals surface area (Å²) < 4.78 is 0. The lowest BCUT2D eigenvalue weighted by Crippen LogP contribution is -2.44. The summed E-state index contributed by atoms with van der Waals surface area (Å²) in [5.41, 5.74) is 5.34. The molecule has 88 valence electrons. The molecule has 15 heavy (non-hydrogen) atoms. The molecule has 4 heteroatoms. The first kappa shape index (κ1) is 12.5. The summed E-state index contributed by atoms with van der Waals surface area (Å²) in [7, 11) is 4.21. The number of rotatable bonds is 4. The zero-order valence-electron chi connectivity index (χ0n) is 9.83. The largest absolute Gasteiger partial charge is 0.353 e. The second-order valence-electron chi connectivity index (χ2n) is 4.59. The minimum absolute atomic E-state index is 0.0990. The van der Waals surface area contributed by atoms with E-state index in [4.69, 9.17) is 5.73 Å². The molecule has 0 bridgehead atoms. The molecule has 0 spiro atoms. The maximum absolute atomic E-state index is 11.4. The Morgan fingerprint density at radius 1 is 1.47 bits per heavy atom. The van der Waals surface area contributed by atoms with Gasteiger partial charge in [-0.25, -0.2) is 0 Å². The van der Waals surface area contributed by atoms with E-state index in [2.05, 4.69) is 24.3 Å². The molecular weight excluding hydrogens is 190 g/mol. The SMILES string of the molecule is CN(C)C1CCCC(NC(=O)CCN)C1. The van der Waals surface area contributed by atoms with Crippen LogP contribution in [-0.4, -0.2) is 43.5 Å². The van der Waals surface area contributed by atoms with Crippen molar-refractivity contribution in [3.05, 3.63) is 0 Å². The van der Waals surface area contributed by atoms with E-state index in [9.17, 15) is 4.79 Å². The molecule has 3 N–H and O–H groups in total. The molecule has 0 aromatic rings. The van der Waals surface area contributed by atoms with Crippen LogP contribution in [0.4, 0.5) is 0 Å². The van der Waals surface area contributed by atoms with Crippen LogP contribution < -0.4 is 11.1 Å². The van der Waals surface area contributed by atoms with Gasteiger partial charge >= 0.3 is 0 Å². The van der Waals surface area contributed by atoms with Crippen molar-refractivity contribution >= 4 is 5.91 Å². The van der Waals surface area contributed by atoms with Crippen LogP contribution in [0.15, 0.2) is 0 Å². The summed E-state index contributed by atoms with van der Waals surface area (Å²) >= 11 is 0. The van der Waals surface area contributed by atoms with E-state index in [0.29, 0.717) is 25.0 Å². The molecule has 0 aromatic heterocycles. The Kier molecular flexibility index (Phi) is 5.05. The van der Waals surface area contributed by atoms with Gasteiger partial charge in [-0.05, 0) is 39.8 Å². The predicted octanol–water partition coefficient (Wildman–Crippen LogP) is 0.324. The molecule has 2 atom stereocenters. The molecule has 0 aliphatic heterocycles. The number of nitrogens with one attached hydrogen (secondary N) is 1. The number of carbonyl (C=O) groups excluding carboxylic acids is 1. The average molecular weight is 213 g/mol. The van der Waals surface area contributed by atoms with Gasteiger partial charge < -0.3 is 16.0 Å². The molecule has 0 heterocycles. The monoisotopic (exact) mass is 213 g/mol. The Bertz CT molecular complexity index is 206. The molecule has 0 aromatic carbocycles. The van der Waals surface area contributed by atoms with Crippen molar-refractivity contribution in [1.29, 1.82) is 0 Å². The minimum atomic E-state index is 0.0990. The predicted molar refractivity (Wildman–Crippen MR) is 61.5 cm³/mol. The highest BCUT2D eigenvalue weighted by atomic mass is 16.1. The molecule has 1 rings (SSSR count). The Morgan fingerprint density at radius 2 is 2.20 bits per heavy atom. The Balaban J connectivity index is 2.33.